The Hall–Kier alpha value is -2.81. The summed E-state index contributed by atoms with van der Waals surface area (Å²) in [5.41, 5.74) is 5.32. The highest BCUT2D eigenvalue weighted by Crippen LogP contribution is 2.43. The zero-order valence-corrected chi connectivity index (χ0v) is 31.0. The van der Waals surface area contributed by atoms with Crippen molar-refractivity contribution in [2.75, 3.05) is 26.4 Å². The fourth-order valence-electron chi connectivity index (χ4n) is 4.19. The predicted octanol–water partition coefficient (Wildman–Crippen LogP) is 9.71. The largest absolute Gasteiger partial charge is 0.472 e. The van der Waals surface area contributed by atoms with Gasteiger partial charge >= 0.3 is 19.8 Å². The highest BCUT2D eigenvalue weighted by Gasteiger charge is 2.25. The molecule has 0 rings (SSSR count). The fraction of sp³-hybridized carbons (Fsp3) is 0.590. The van der Waals surface area contributed by atoms with E-state index in [-0.39, 0.29) is 32.6 Å². The first kappa shape index (κ1) is 46.2. The van der Waals surface area contributed by atoms with Crippen molar-refractivity contribution >= 4 is 19.8 Å². The lowest BCUT2D eigenvalue weighted by molar-refractivity contribution is -0.161. The summed E-state index contributed by atoms with van der Waals surface area (Å²) < 4.78 is 32.5. The molecule has 0 aromatic carbocycles. The first-order valence-electron chi connectivity index (χ1n) is 18.1. The molecule has 0 aliphatic heterocycles. The Balaban J connectivity index is 4.40. The van der Waals surface area contributed by atoms with Crippen LogP contribution in [0.3, 0.4) is 0 Å². The number of esters is 2. The van der Waals surface area contributed by atoms with Crippen molar-refractivity contribution in [3.8, 4) is 0 Å². The first-order valence-corrected chi connectivity index (χ1v) is 19.6. The Morgan fingerprint density at radius 1 is 0.612 bits per heavy atom. The smallest absolute Gasteiger partial charge is 0.462 e. The number of carbonyl (C=O) groups excluding carboxylic acids is 2. The van der Waals surface area contributed by atoms with Crippen molar-refractivity contribution in [2.24, 2.45) is 5.73 Å². The SMILES string of the molecule is CC/C=C\C/C=C\C/C=C\C/C=C\CCC(=O)OC(COC(=O)CCCCCCC/C=C\C/C=C\C/C=C\CC)COP(=O)(O)OCCN. The minimum atomic E-state index is -4.40. The summed E-state index contributed by atoms with van der Waals surface area (Å²) in [7, 11) is -4.40. The quantitative estimate of drug-likeness (QED) is 0.0304. The average molecular weight is 706 g/mol. The van der Waals surface area contributed by atoms with Crippen LogP contribution in [0.25, 0.3) is 0 Å². The van der Waals surface area contributed by atoms with E-state index in [2.05, 4.69) is 86.8 Å². The summed E-state index contributed by atoms with van der Waals surface area (Å²) in [5, 5.41) is 0. The van der Waals surface area contributed by atoms with E-state index in [0.29, 0.717) is 12.8 Å². The van der Waals surface area contributed by atoms with Crippen molar-refractivity contribution in [2.45, 2.75) is 123 Å². The summed E-state index contributed by atoms with van der Waals surface area (Å²) in [6.07, 6.45) is 42.1. The maximum Gasteiger partial charge on any atom is 0.472 e. The number of phosphoric acid groups is 1. The van der Waals surface area contributed by atoms with Crippen LogP contribution in [0.4, 0.5) is 0 Å². The Bertz CT molecular complexity index is 1080. The summed E-state index contributed by atoms with van der Waals surface area (Å²) in [5.74, 6) is -0.956. The van der Waals surface area contributed by atoms with Crippen LogP contribution in [-0.2, 0) is 32.7 Å². The molecule has 278 valence electrons. The summed E-state index contributed by atoms with van der Waals surface area (Å²) >= 11 is 0. The molecule has 0 radical (unpaired) electrons. The highest BCUT2D eigenvalue weighted by atomic mass is 31.2. The molecular formula is C39H64NO8P. The minimum Gasteiger partial charge on any atom is -0.462 e. The zero-order valence-electron chi connectivity index (χ0n) is 30.1. The molecule has 0 aliphatic rings. The van der Waals surface area contributed by atoms with Crippen LogP contribution < -0.4 is 5.73 Å². The molecule has 2 unspecified atom stereocenters. The lowest BCUT2D eigenvalue weighted by Gasteiger charge is -2.19. The lowest BCUT2D eigenvalue weighted by Crippen LogP contribution is -2.29. The summed E-state index contributed by atoms with van der Waals surface area (Å²) in [6, 6.07) is 0. The van der Waals surface area contributed by atoms with Crippen molar-refractivity contribution in [1.82, 2.24) is 0 Å². The molecular weight excluding hydrogens is 641 g/mol. The third kappa shape index (κ3) is 34.8. The van der Waals surface area contributed by atoms with Crippen LogP contribution >= 0.6 is 7.82 Å². The van der Waals surface area contributed by atoms with Gasteiger partial charge in [-0.15, -0.1) is 0 Å². The minimum absolute atomic E-state index is 0.0354. The van der Waals surface area contributed by atoms with E-state index in [0.717, 1.165) is 77.0 Å². The lowest BCUT2D eigenvalue weighted by atomic mass is 10.1. The van der Waals surface area contributed by atoms with E-state index in [4.69, 9.17) is 24.3 Å². The molecule has 0 fully saturated rings. The van der Waals surface area contributed by atoms with Gasteiger partial charge in [-0.25, -0.2) is 4.57 Å². The maximum atomic E-state index is 12.5. The molecule has 10 heteroatoms. The molecule has 49 heavy (non-hydrogen) atoms. The molecule has 0 saturated heterocycles. The van der Waals surface area contributed by atoms with Crippen molar-refractivity contribution in [3.63, 3.8) is 0 Å². The second kappa shape index (κ2) is 35.0. The number of ether oxygens (including phenoxy) is 2. The Labute approximate surface area is 296 Å². The molecule has 0 amide bonds. The van der Waals surface area contributed by atoms with Crippen LogP contribution in [0, 0.1) is 0 Å². The van der Waals surface area contributed by atoms with Crippen LogP contribution in [0.5, 0.6) is 0 Å². The molecule has 0 aromatic rings. The van der Waals surface area contributed by atoms with Crippen molar-refractivity contribution in [1.29, 1.82) is 0 Å². The van der Waals surface area contributed by atoms with Gasteiger partial charge in [0, 0.05) is 19.4 Å². The number of nitrogens with two attached hydrogens (primary N) is 1. The fourth-order valence-corrected chi connectivity index (χ4v) is 4.95. The normalized spacial score (nSPS) is 14.4. The number of hydrogen-bond acceptors (Lipinski definition) is 8. The summed E-state index contributed by atoms with van der Waals surface area (Å²) in [4.78, 5) is 34.6. The van der Waals surface area contributed by atoms with E-state index < -0.39 is 32.5 Å². The maximum absolute atomic E-state index is 12.5. The van der Waals surface area contributed by atoms with Gasteiger partial charge in [0.05, 0.1) is 13.2 Å². The summed E-state index contributed by atoms with van der Waals surface area (Å²) in [6.45, 7) is 3.35. The number of carbonyl (C=O) groups is 2. The van der Waals surface area contributed by atoms with Gasteiger partial charge in [-0.3, -0.25) is 18.6 Å². The number of phosphoric ester groups is 1. The Kier molecular flexibility index (Phi) is 33.0. The first-order chi connectivity index (χ1) is 23.8. The number of hydrogen-bond donors (Lipinski definition) is 2. The molecule has 3 N–H and O–H groups in total. The van der Waals surface area contributed by atoms with Crippen LogP contribution in [-0.4, -0.2) is 49.3 Å². The zero-order chi connectivity index (χ0) is 36.1. The van der Waals surface area contributed by atoms with Gasteiger partial charge in [0.1, 0.15) is 6.61 Å². The van der Waals surface area contributed by atoms with E-state index in [1.807, 2.05) is 12.2 Å². The average Bonchev–Trinajstić information content (AvgIpc) is 3.08. The molecule has 0 aromatic heterocycles. The van der Waals surface area contributed by atoms with Crippen molar-refractivity contribution in [3.05, 3.63) is 85.1 Å². The molecule has 0 heterocycles. The van der Waals surface area contributed by atoms with Crippen LogP contribution in [0.15, 0.2) is 85.1 Å². The second-order valence-electron chi connectivity index (χ2n) is 11.3. The number of allylic oxidation sites excluding steroid dienone is 14. The molecule has 0 spiro atoms. The van der Waals surface area contributed by atoms with E-state index in [1.165, 1.54) is 0 Å². The Morgan fingerprint density at radius 3 is 1.65 bits per heavy atom. The van der Waals surface area contributed by atoms with E-state index >= 15 is 0 Å². The van der Waals surface area contributed by atoms with E-state index in [9.17, 15) is 19.0 Å². The van der Waals surface area contributed by atoms with Gasteiger partial charge in [0.15, 0.2) is 6.10 Å². The van der Waals surface area contributed by atoms with Gasteiger partial charge < -0.3 is 20.1 Å². The monoisotopic (exact) mass is 705 g/mol. The van der Waals surface area contributed by atoms with E-state index in [1.54, 1.807) is 0 Å². The highest BCUT2D eigenvalue weighted by molar-refractivity contribution is 7.47. The van der Waals surface area contributed by atoms with Gasteiger partial charge in [-0.05, 0) is 70.6 Å². The van der Waals surface area contributed by atoms with Gasteiger partial charge in [-0.2, -0.15) is 0 Å². The predicted molar refractivity (Wildman–Crippen MR) is 201 cm³/mol. The molecule has 0 aliphatic carbocycles. The van der Waals surface area contributed by atoms with Gasteiger partial charge in [-0.1, -0.05) is 118 Å². The van der Waals surface area contributed by atoms with Gasteiger partial charge in [0.2, 0.25) is 0 Å². The standard InChI is InChI=1S/C39H64NO8P/c1-3-5-7-9-11-13-15-17-18-20-21-23-25-27-29-31-38(41)45-35-37(36-47-49(43,44)46-34-33-40)48-39(42)32-30-28-26-24-22-19-16-14-12-10-8-6-4-2/h5-8,11-14,17-19,22,26,28,37H,3-4,9-10,15-16,20-21,23-25,27,29-36,40H2,1-2H3,(H,43,44)/b7-5-,8-6-,13-11-,14-12-,18-17-,22-19-,28-26-. The van der Waals surface area contributed by atoms with Crippen LogP contribution in [0.2, 0.25) is 0 Å². The molecule has 9 nitrogen and oxygen atoms in total. The second-order valence-corrected chi connectivity index (χ2v) is 12.8. The van der Waals surface area contributed by atoms with Crippen LogP contribution in [0.1, 0.15) is 117 Å². The third-order valence-corrected chi connectivity index (χ3v) is 7.77. The number of rotatable bonds is 32. The van der Waals surface area contributed by atoms with Gasteiger partial charge in [0.25, 0.3) is 0 Å². The third-order valence-electron chi connectivity index (χ3n) is 6.79. The number of unbranched alkanes of at least 4 members (excludes halogenated alkanes) is 5. The molecule has 0 bridgehead atoms. The molecule has 2 atom stereocenters. The van der Waals surface area contributed by atoms with Crippen molar-refractivity contribution < 1.29 is 37.6 Å². The Morgan fingerprint density at radius 2 is 1.10 bits per heavy atom. The topological polar surface area (TPSA) is 134 Å². The molecule has 0 saturated carbocycles.